The van der Waals surface area contributed by atoms with E-state index in [0.717, 1.165) is 5.56 Å². The van der Waals surface area contributed by atoms with Gasteiger partial charge >= 0.3 is 6.09 Å². The van der Waals surface area contributed by atoms with Crippen LogP contribution in [0, 0.1) is 6.92 Å². The average molecular weight is 369 g/mol. The standard InChI is InChI=1S/C18H25ClN2O4/c1-4-16(25-14-6-7-15(19)13(3)12-14)17(22)20-8-10-21(11-9-20)18(23)24-5-2/h6-7,12,16H,4-5,8-11H2,1-3H3/t16-/m1/s1. The minimum absolute atomic E-state index is 0.0568. The molecule has 0 aromatic heterocycles. The summed E-state index contributed by atoms with van der Waals surface area (Å²) in [7, 11) is 0. The van der Waals surface area contributed by atoms with E-state index in [1.807, 2.05) is 19.9 Å². The fourth-order valence-corrected chi connectivity index (χ4v) is 2.81. The first-order valence-corrected chi connectivity index (χ1v) is 8.97. The number of halogens is 1. The molecule has 2 rings (SSSR count). The van der Waals surface area contributed by atoms with Gasteiger partial charge in [0.25, 0.3) is 5.91 Å². The number of hydrogen-bond donors (Lipinski definition) is 0. The van der Waals surface area contributed by atoms with Crippen LogP contribution in [0.2, 0.25) is 5.02 Å². The van der Waals surface area contributed by atoms with E-state index in [-0.39, 0.29) is 12.0 Å². The van der Waals surface area contributed by atoms with Crippen LogP contribution in [-0.2, 0) is 9.53 Å². The molecule has 1 fully saturated rings. The van der Waals surface area contributed by atoms with E-state index in [2.05, 4.69) is 0 Å². The van der Waals surface area contributed by atoms with Crippen LogP contribution >= 0.6 is 11.6 Å². The second kappa shape index (κ2) is 8.94. The van der Waals surface area contributed by atoms with Gasteiger partial charge in [-0.3, -0.25) is 4.79 Å². The van der Waals surface area contributed by atoms with Gasteiger partial charge in [-0.1, -0.05) is 18.5 Å². The molecule has 1 aliphatic heterocycles. The maximum atomic E-state index is 12.7. The lowest BCUT2D eigenvalue weighted by Gasteiger charge is -2.35. The fraction of sp³-hybridized carbons (Fsp3) is 0.556. The summed E-state index contributed by atoms with van der Waals surface area (Å²) < 4.78 is 10.9. The molecule has 138 valence electrons. The molecule has 0 aliphatic carbocycles. The molecule has 0 N–H and O–H groups in total. The smallest absolute Gasteiger partial charge is 0.409 e. The Morgan fingerprint density at radius 2 is 1.80 bits per heavy atom. The second-order valence-corrected chi connectivity index (χ2v) is 6.34. The second-order valence-electron chi connectivity index (χ2n) is 5.94. The summed E-state index contributed by atoms with van der Waals surface area (Å²) in [6.07, 6.45) is -0.303. The molecule has 1 saturated heterocycles. The summed E-state index contributed by atoms with van der Waals surface area (Å²) in [4.78, 5) is 27.8. The number of nitrogens with zero attached hydrogens (tertiary/aromatic N) is 2. The molecule has 0 spiro atoms. The van der Waals surface area contributed by atoms with Crippen molar-refractivity contribution in [2.45, 2.75) is 33.3 Å². The summed E-state index contributed by atoms with van der Waals surface area (Å²) in [5, 5.41) is 0.668. The summed E-state index contributed by atoms with van der Waals surface area (Å²) in [5.41, 5.74) is 0.907. The topological polar surface area (TPSA) is 59.1 Å². The molecule has 0 bridgehead atoms. The zero-order valence-corrected chi connectivity index (χ0v) is 15.7. The highest BCUT2D eigenvalue weighted by molar-refractivity contribution is 6.31. The van der Waals surface area contributed by atoms with Gasteiger partial charge in [0, 0.05) is 31.2 Å². The van der Waals surface area contributed by atoms with E-state index in [4.69, 9.17) is 21.1 Å². The highest BCUT2D eigenvalue weighted by Gasteiger charge is 2.29. The average Bonchev–Trinajstić information content (AvgIpc) is 2.62. The van der Waals surface area contributed by atoms with Gasteiger partial charge < -0.3 is 19.3 Å². The minimum Gasteiger partial charge on any atom is -0.481 e. The minimum atomic E-state index is -0.547. The van der Waals surface area contributed by atoms with Crippen LogP contribution in [0.25, 0.3) is 0 Å². The van der Waals surface area contributed by atoms with Gasteiger partial charge in [-0.2, -0.15) is 0 Å². The van der Waals surface area contributed by atoms with Crippen LogP contribution in [0.5, 0.6) is 5.75 Å². The number of hydrogen-bond acceptors (Lipinski definition) is 4. The number of rotatable bonds is 5. The molecule has 0 radical (unpaired) electrons. The number of amides is 2. The number of carbonyl (C=O) groups is 2. The van der Waals surface area contributed by atoms with Gasteiger partial charge in [0.05, 0.1) is 6.61 Å². The summed E-state index contributed by atoms with van der Waals surface area (Å²) in [6, 6.07) is 5.36. The van der Waals surface area contributed by atoms with Crippen LogP contribution in [0.3, 0.4) is 0 Å². The van der Waals surface area contributed by atoms with Crippen molar-refractivity contribution >= 4 is 23.6 Å². The van der Waals surface area contributed by atoms with Gasteiger partial charge in [0.2, 0.25) is 0 Å². The van der Waals surface area contributed by atoms with Gasteiger partial charge in [-0.25, -0.2) is 4.79 Å². The van der Waals surface area contributed by atoms with Crippen molar-refractivity contribution in [3.05, 3.63) is 28.8 Å². The third kappa shape index (κ3) is 5.01. The van der Waals surface area contributed by atoms with Crippen LogP contribution < -0.4 is 4.74 Å². The SMILES string of the molecule is CCOC(=O)N1CCN(C(=O)[C@@H](CC)Oc2ccc(Cl)c(C)c2)CC1. The molecule has 1 heterocycles. The molecule has 1 aromatic carbocycles. The molecular weight excluding hydrogens is 344 g/mol. The molecule has 1 atom stereocenters. The first kappa shape index (κ1) is 19.4. The first-order valence-electron chi connectivity index (χ1n) is 8.59. The van der Waals surface area contributed by atoms with Crippen molar-refractivity contribution in [1.82, 2.24) is 9.80 Å². The number of carbonyl (C=O) groups excluding carboxylic acids is 2. The Hall–Kier alpha value is -1.95. The Labute approximate surface area is 153 Å². The van der Waals surface area contributed by atoms with Crippen LogP contribution in [0.15, 0.2) is 18.2 Å². The highest BCUT2D eigenvalue weighted by atomic mass is 35.5. The molecular formula is C18H25ClN2O4. The van der Waals surface area contributed by atoms with Crippen molar-refractivity contribution in [3.63, 3.8) is 0 Å². The van der Waals surface area contributed by atoms with Gasteiger partial charge in [0.15, 0.2) is 6.10 Å². The van der Waals surface area contributed by atoms with Crippen molar-refractivity contribution < 1.29 is 19.1 Å². The zero-order valence-electron chi connectivity index (χ0n) is 15.0. The van der Waals surface area contributed by atoms with E-state index >= 15 is 0 Å². The quantitative estimate of drug-likeness (QED) is 0.801. The number of aryl methyl sites for hydroxylation is 1. The molecule has 7 heteroatoms. The van der Waals surface area contributed by atoms with E-state index in [9.17, 15) is 9.59 Å². The highest BCUT2D eigenvalue weighted by Crippen LogP contribution is 2.23. The van der Waals surface area contributed by atoms with E-state index in [0.29, 0.717) is 50.0 Å². The number of piperazine rings is 1. The summed E-state index contributed by atoms with van der Waals surface area (Å²) in [6.45, 7) is 7.85. The fourth-order valence-electron chi connectivity index (χ4n) is 2.69. The normalized spacial score (nSPS) is 15.7. The largest absolute Gasteiger partial charge is 0.481 e. The lowest BCUT2D eigenvalue weighted by molar-refractivity contribution is -0.140. The Balaban J connectivity index is 1.94. The Morgan fingerprint density at radius 1 is 1.16 bits per heavy atom. The van der Waals surface area contributed by atoms with Crippen molar-refractivity contribution in [3.8, 4) is 5.75 Å². The van der Waals surface area contributed by atoms with E-state index in [1.54, 1.807) is 28.9 Å². The monoisotopic (exact) mass is 368 g/mol. The van der Waals surface area contributed by atoms with E-state index < -0.39 is 6.10 Å². The molecule has 0 unspecified atom stereocenters. The number of ether oxygens (including phenoxy) is 2. The van der Waals surface area contributed by atoms with Gasteiger partial charge in [0.1, 0.15) is 5.75 Å². The predicted molar refractivity (Wildman–Crippen MR) is 96.1 cm³/mol. The molecule has 6 nitrogen and oxygen atoms in total. The maximum absolute atomic E-state index is 12.7. The lowest BCUT2D eigenvalue weighted by atomic mass is 10.2. The van der Waals surface area contributed by atoms with Crippen LogP contribution in [0.1, 0.15) is 25.8 Å². The van der Waals surface area contributed by atoms with Gasteiger partial charge in [-0.05, 0) is 44.0 Å². The Kier molecular flexibility index (Phi) is 6.93. The van der Waals surface area contributed by atoms with Crippen molar-refractivity contribution in [2.24, 2.45) is 0 Å². The molecule has 1 aliphatic rings. The zero-order chi connectivity index (χ0) is 18.4. The molecule has 1 aromatic rings. The Morgan fingerprint density at radius 3 is 2.36 bits per heavy atom. The van der Waals surface area contributed by atoms with Crippen molar-refractivity contribution in [1.29, 1.82) is 0 Å². The lowest BCUT2D eigenvalue weighted by Crippen LogP contribution is -2.53. The summed E-state index contributed by atoms with van der Waals surface area (Å²) >= 11 is 6.02. The number of benzene rings is 1. The van der Waals surface area contributed by atoms with Gasteiger partial charge in [-0.15, -0.1) is 0 Å². The summed E-state index contributed by atoms with van der Waals surface area (Å²) in [5.74, 6) is 0.575. The predicted octanol–water partition coefficient (Wildman–Crippen LogP) is 3.11. The van der Waals surface area contributed by atoms with Crippen LogP contribution in [0.4, 0.5) is 4.79 Å². The third-order valence-corrected chi connectivity index (χ3v) is 4.60. The van der Waals surface area contributed by atoms with Crippen LogP contribution in [-0.4, -0.2) is 60.7 Å². The Bertz CT molecular complexity index is 615. The first-order chi connectivity index (χ1) is 12.0. The molecule has 2 amide bonds. The van der Waals surface area contributed by atoms with Crippen molar-refractivity contribution in [2.75, 3.05) is 32.8 Å². The molecule has 25 heavy (non-hydrogen) atoms. The molecule has 0 saturated carbocycles. The third-order valence-electron chi connectivity index (χ3n) is 4.17. The maximum Gasteiger partial charge on any atom is 0.409 e. The van der Waals surface area contributed by atoms with E-state index in [1.165, 1.54) is 0 Å².